The zero-order chi connectivity index (χ0) is 27.5. The molecule has 0 amide bonds. The van der Waals surface area contributed by atoms with Gasteiger partial charge in [0.05, 0.1) is 11.2 Å². The molecule has 0 saturated carbocycles. The van der Waals surface area contributed by atoms with Gasteiger partial charge in [0, 0.05) is 38.1 Å². The summed E-state index contributed by atoms with van der Waals surface area (Å²) in [6, 6.07) is 0.596. The molecular formula is C28H55NO6. The number of rotatable bonds is 16. The van der Waals surface area contributed by atoms with Crippen molar-refractivity contribution in [1.29, 1.82) is 0 Å². The molecule has 0 aliphatic carbocycles. The quantitative estimate of drug-likeness (QED) is 0.261. The molecule has 0 aromatic rings. The SMILES string of the molecule is CC(CCOC(C)(C)CCC(=O)OC(C)(C)C)NC(C)CCOC(C)(C)CCC(=O)OC(C)(C)C. The summed E-state index contributed by atoms with van der Waals surface area (Å²) in [5.74, 6) is -0.374. The van der Waals surface area contributed by atoms with Crippen LogP contribution in [-0.4, -0.2) is 59.6 Å². The van der Waals surface area contributed by atoms with E-state index in [1.54, 1.807) is 0 Å². The van der Waals surface area contributed by atoms with Crippen LogP contribution in [0.15, 0.2) is 0 Å². The molecule has 0 aliphatic heterocycles. The predicted molar refractivity (Wildman–Crippen MR) is 142 cm³/mol. The van der Waals surface area contributed by atoms with Crippen molar-refractivity contribution < 1.29 is 28.5 Å². The summed E-state index contributed by atoms with van der Waals surface area (Å²) in [5.41, 5.74) is -1.66. The van der Waals surface area contributed by atoms with Crippen molar-refractivity contribution in [2.24, 2.45) is 0 Å². The highest BCUT2D eigenvalue weighted by Gasteiger charge is 2.24. The fourth-order valence-corrected chi connectivity index (χ4v) is 3.41. The predicted octanol–water partition coefficient (Wildman–Crippen LogP) is 5.97. The van der Waals surface area contributed by atoms with Crippen LogP contribution in [-0.2, 0) is 28.5 Å². The van der Waals surface area contributed by atoms with Gasteiger partial charge in [-0.1, -0.05) is 0 Å². The van der Waals surface area contributed by atoms with Gasteiger partial charge in [0.1, 0.15) is 11.2 Å². The van der Waals surface area contributed by atoms with E-state index in [1.807, 2.05) is 69.2 Å². The van der Waals surface area contributed by atoms with E-state index in [1.165, 1.54) is 0 Å². The molecule has 0 bridgehead atoms. The number of carbonyl (C=O) groups excluding carboxylic acids is 2. The van der Waals surface area contributed by atoms with Gasteiger partial charge in [-0.25, -0.2) is 0 Å². The van der Waals surface area contributed by atoms with Crippen molar-refractivity contribution >= 4 is 11.9 Å². The summed E-state index contributed by atoms with van der Waals surface area (Å²) < 4.78 is 22.9. The van der Waals surface area contributed by atoms with Gasteiger partial charge in [0.15, 0.2) is 0 Å². The lowest BCUT2D eigenvalue weighted by Gasteiger charge is -2.28. The van der Waals surface area contributed by atoms with E-state index < -0.39 is 11.2 Å². The van der Waals surface area contributed by atoms with Gasteiger partial charge in [0.25, 0.3) is 0 Å². The molecule has 0 aromatic carbocycles. The van der Waals surface area contributed by atoms with Crippen LogP contribution in [0.3, 0.4) is 0 Å². The Morgan fingerprint density at radius 1 is 0.629 bits per heavy atom. The van der Waals surface area contributed by atoms with Crippen LogP contribution in [0.2, 0.25) is 0 Å². The van der Waals surface area contributed by atoms with Crippen LogP contribution in [0.5, 0.6) is 0 Å². The molecule has 35 heavy (non-hydrogen) atoms. The average Bonchev–Trinajstić information content (AvgIpc) is 2.62. The fourth-order valence-electron chi connectivity index (χ4n) is 3.41. The first kappa shape index (κ1) is 33.8. The number of hydrogen-bond donors (Lipinski definition) is 1. The smallest absolute Gasteiger partial charge is 0.306 e. The minimum absolute atomic E-state index is 0.187. The Kier molecular flexibility index (Phi) is 14.0. The Labute approximate surface area is 215 Å². The lowest BCUT2D eigenvalue weighted by atomic mass is 10.0. The van der Waals surface area contributed by atoms with Gasteiger partial charge in [-0.2, -0.15) is 0 Å². The Morgan fingerprint density at radius 2 is 0.943 bits per heavy atom. The minimum Gasteiger partial charge on any atom is -0.460 e. The molecule has 0 saturated heterocycles. The molecule has 1 N–H and O–H groups in total. The van der Waals surface area contributed by atoms with Crippen LogP contribution in [0.25, 0.3) is 0 Å². The molecule has 0 heterocycles. The summed E-state index contributed by atoms with van der Waals surface area (Å²) in [6.07, 6.45) is 3.71. The maximum atomic E-state index is 12.0. The first-order chi connectivity index (χ1) is 15.7. The third-order valence-corrected chi connectivity index (χ3v) is 5.36. The average molecular weight is 502 g/mol. The molecule has 0 fully saturated rings. The Hall–Kier alpha value is -1.18. The van der Waals surface area contributed by atoms with Gasteiger partial charge in [0.2, 0.25) is 0 Å². The van der Waals surface area contributed by atoms with Crippen molar-refractivity contribution in [2.45, 2.75) is 156 Å². The number of ether oxygens (including phenoxy) is 4. The molecule has 0 radical (unpaired) electrons. The van der Waals surface area contributed by atoms with Gasteiger partial charge in [-0.3, -0.25) is 9.59 Å². The molecular weight excluding hydrogens is 446 g/mol. The van der Waals surface area contributed by atoms with E-state index in [0.29, 0.717) is 51.0 Å². The third kappa shape index (κ3) is 20.7. The number of hydrogen-bond acceptors (Lipinski definition) is 7. The summed E-state index contributed by atoms with van der Waals surface area (Å²) in [5, 5.41) is 3.60. The van der Waals surface area contributed by atoms with Crippen molar-refractivity contribution in [3.8, 4) is 0 Å². The lowest BCUT2D eigenvalue weighted by Crippen LogP contribution is -2.37. The summed E-state index contributed by atoms with van der Waals surface area (Å²) in [4.78, 5) is 23.9. The highest BCUT2D eigenvalue weighted by molar-refractivity contribution is 5.70. The molecule has 7 nitrogen and oxygen atoms in total. The Morgan fingerprint density at radius 3 is 1.23 bits per heavy atom. The second-order valence-electron chi connectivity index (χ2n) is 12.9. The monoisotopic (exact) mass is 501 g/mol. The van der Waals surface area contributed by atoms with Crippen molar-refractivity contribution in [3.63, 3.8) is 0 Å². The fraction of sp³-hybridized carbons (Fsp3) is 0.929. The highest BCUT2D eigenvalue weighted by Crippen LogP contribution is 2.21. The molecule has 2 unspecified atom stereocenters. The van der Waals surface area contributed by atoms with E-state index >= 15 is 0 Å². The number of carbonyl (C=O) groups is 2. The van der Waals surface area contributed by atoms with Crippen LogP contribution in [0.4, 0.5) is 0 Å². The maximum Gasteiger partial charge on any atom is 0.306 e. The van der Waals surface area contributed by atoms with Crippen LogP contribution in [0, 0.1) is 0 Å². The zero-order valence-electron chi connectivity index (χ0n) is 24.8. The van der Waals surface area contributed by atoms with E-state index in [9.17, 15) is 9.59 Å². The first-order valence-corrected chi connectivity index (χ1v) is 13.2. The molecule has 7 heteroatoms. The van der Waals surface area contributed by atoms with E-state index in [4.69, 9.17) is 18.9 Å². The van der Waals surface area contributed by atoms with Crippen LogP contribution in [0.1, 0.15) is 122 Å². The van der Waals surface area contributed by atoms with Crippen molar-refractivity contribution in [3.05, 3.63) is 0 Å². The second-order valence-corrected chi connectivity index (χ2v) is 12.9. The molecule has 0 aliphatic rings. The van der Waals surface area contributed by atoms with E-state index in [-0.39, 0.29) is 23.1 Å². The van der Waals surface area contributed by atoms with Crippen LogP contribution < -0.4 is 5.32 Å². The Bertz CT molecular complexity index is 576. The number of nitrogens with one attached hydrogen (secondary N) is 1. The molecule has 0 rings (SSSR count). The van der Waals surface area contributed by atoms with Gasteiger partial charge in [-0.05, 0) is 109 Å². The molecule has 2 atom stereocenters. The van der Waals surface area contributed by atoms with Crippen molar-refractivity contribution in [2.75, 3.05) is 13.2 Å². The standard InChI is InChI=1S/C28H55NO6/c1-21(15-19-32-27(9,10)17-13-23(30)34-25(3,4)5)29-22(2)16-20-33-28(11,12)18-14-24(31)35-26(6,7)8/h21-22,29H,13-20H2,1-12H3. The number of esters is 2. The summed E-state index contributed by atoms with van der Waals surface area (Å²) >= 11 is 0. The van der Waals surface area contributed by atoms with Gasteiger partial charge >= 0.3 is 11.9 Å². The minimum atomic E-state index is -0.458. The topological polar surface area (TPSA) is 83.1 Å². The lowest BCUT2D eigenvalue weighted by molar-refractivity contribution is -0.157. The van der Waals surface area contributed by atoms with E-state index in [0.717, 1.165) is 12.8 Å². The summed E-state index contributed by atoms with van der Waals surface area (Å²) in [7, 11) is 0. The highest BCUT2D eigenvalue weighted by atomic mass is 16.6. The molecule has 0 aromatic heterocycles. The Balaban J connectivity index is 4.14. The van der Waals surface area contributed by atoms with E-state index in [2.05, 4.69) is 19.2 Å². The molecule has 0 spiro atoms. The third-order valence-electron chi connectivity index (χ3n) is 5.36. The maximum absolute atomic E-state index is 12.0. The summed E-state index contributed by atoms with van der Waals surface area (Å²) in [6.45, 7) is 24.9. The normalized spacial score (nSPS) is 15.0. The van der Waals surface area contributed by atoms with Crippen molar-refractivity contribution in [1.82, 2.24) is 5.32 Å². The van der Waals surface area contributed by atoms with Gasteiger partial charge in [-0.15, -0.1) is 0 Å². The second kappa shape index (κ2) is 14.5. The van der Waals surface area contributed by atoms with Crippen LogP contribution >= 0.6 is 0 Å². The van der Waals surface area contributed by atoms with Gasteiger partial charge < -0.3 is 24.3 Å². The first-order valence-electron chi connectivity index (χ1n) is 13.2. The molecule has 208 valence electrons. The zero-order valence-corrected chi connectivity index (χ0v) is 24.8. The largest absolute Gasteiger partial charge is 0.460 e.